The molecule has 27 heavy (non-hydrogen) atoms. The third kappa shape index (κ3) is 2.78. The number of amides is 1. The zero-order valence-corrected chi connectivity index (χ0v) is 16.2. The minimum absolute atomic E-state index is 0.351. The summed E-state index contributed by atoms with van der Waals surface area (Å²) in [4.78, 5) is 30.2. The molecule has 138 valence electrons. The highest BCUT2D eigenvalue weighted by atomic mass is 79.9. The Balaban J connectivity index is 1.99. The topological polar surface area (TPSA) is 75.5 Å². The average molecular weight is 429 g/mol. The lowest BCUT2D eigenvalue weighted by Crippen LogP contribution is -2.51. The van der Waals surface area contributed by atoms with E-state index in [9.17, 15) is 9.59 Å². The third-order valence-corrected chi connectivity index (χ3v) is 5.32. The summed E-state index contributed by atoms with van der Waals surface area (Å²) >= 11 is 3.31. The molecule has 4 rings (SSSR count). The quantitative estimate of drug-likeness (QED) is 0.509. The number of aromatic nitrogens is 1. The number of rotatable bonds is 3. The van der Waals surface area contributed by atoms with Crippen molar-refractivity contribution < 1.29 is 18.7 Å². The second-order valence-electron chi connectivity index (χ2n) is 6.30. The van der Waals surface area contributed by atoms with E-state index in [4.69, 9.17) is 9.15 Å². The molecule has 0 spiro atoms. The number of benzene rings is 1. The summed E-state index contributed by atoms with van der Waals surface area (Å²) in [5, 5.41) is 1.02. The minimum Gasteiger partial charge on any atom is -0.467 e. The normalized spacial score (nSPS) is 19.0. The summed E-state index contributed by atoms with van der Waals surface area (Å²) in [7, 11) is 1.32. The molecule has 1 aliphatic heterocycles. The number of hydrogen-bond donors (Lipinski definition) is 1. The zero-order chi connectivity index (χ0) is 19.1. The Kier molecular flexibility index (Phi) is 4.39. The number of aromatic amines is 1. The molecule has 0 aliphatic carbocycles. The fourth-order valence-electron chi connectivity index (χ4n) is 3.76. The molecule has 1 N–H and O–H groups in total. The van der Waals surface area contributed by atoms with Gasteiger partial charge in [0.25, 0.3) is 0 Å². The highest BCUT2D eigenvalue weighted by Gasteiger charge is 2.44. The maximum atomic E-state index is 12.7. The van der Waals surface area contributed by atoms with Crippen molar-refractivity contribution in [3.8, 4) is 0 Å². The Hall–Kier alpha value is -2.80. The molecule has 0 radical (unpaired) electrons. The number of H-pyrrole nitrogens is 1. The summed E-state index contributed by atoms with van der Waals surface area (Å²) in [5.74, 6) is -0.303. The van der Waals surface area contributed by atoms with E-state index in [0.717, 1.165) is 22.2 Å². The predicted octanol–water partition coefficient (Wildman–Crippen LogP) is 3.73. The van der Waals surface area contributed by atoms with Crippen LogP contribution in [0.3, 0.4) is 0 Å². The van der Waals surface area contributed by atoms with Crippen LogP contribution in [0, 0.1) is 0 Å². The Morgan fingerprint density at radius 2 is 2.11 bits per heavy atom. The van der Waals surface area contributed by atoms with Gasteiger partial charge in [0.05, 0.1) is 12.8 Å². The van der Waals surface area contributed by atoms with Crippen molar-refractivity contribution in [2.24, 2.45) is 0 Å². The van der Waals surface area contributed by atoms with Crippen molar-refractivity contribution >= 4 is 38.7 Å². The van der Waals surface area contributed by atoms with Crippen molar-refractivity contribution in [1.82, 2.24) is 9.88 Å². The van der Waals surface area contributed by atoms with Gasteiger partial charge in [-0.25, -0.2) is 4.79 Å². The van der Waals surface area contributed by atoms with Gasteiger partial charge in [-0.05, 0) is 45.8 Å². The fourth-order valence-corrected chi connectivity index (χ4v) is 4.08. The first kappa shape index (κ1) is 17.6. The number of furan rings is 1. The van der Waals surface area contributed by atoms with Gasteiger partial charge in [-0.3, -0.25) is 4.79 Å². The molecule has 1 aromatic carbocycles. The molecule has 0 saturated heterocycles. The van der Waals surface area contributed by atoms with E-state index >= 15 is 0 Å². The van der Waals surface area contributed by atoms with E-state index < -0.39 is 18.1 Å². The van der Waals surface area contributed by atoms with Crippen LogP contribution in [0.1, 0.15) is 23.1 Å². The molecule has 0 saturated carbocycles. The Bertz CT molecular complexity index is 1050. The summed E-state index contributed by atoms with van der Waals surface area (Å²) < 4.78 is 11.3. The molecule has 7 heteroatoms. The number of carbonyl (C=O) groups excluding carboxylic acids is 2. The maximum absolute atomic E-state index is 12.7. The van der Waals surface area contributed by atoms with Gasteiger partial charge >= 0.3 is 5.97 Å². The van der Waals surface area contributed by atoms with Gasteiger partial charge in [0.15, 0.2) is 4.67 Å². The molecule has 0 fully saturated rings. The van der Waals surface area contributed by atoms with E-state index in [2.05, 4.69) is 27.5 Å². The number of fused-ring (bicyclic) bond motifs is 3. The smallest absolute Gasteiger partial charge is 0.328 e. The van der Waals surface area contributed by atoms with Gasteiger partial charge in [-0.15, -0.1) is 0 Å². The maximum Gasteiger partial charge on any atom is 0.328 e. The van der Waals surface area contributed by atoms with Crippen LogP contribution in [-0.2, 0) is 20.7 Å². The lowest BCUT2D eigenvalue weighted by atomic mass is 9.90. The highest BCUT2D eigenvalue weighted by molar-refractivity contribution is 9.10. The largest absolute Gasteiger partial charge is 0.467 e. The molecule has 0 bridgehead atoms. The van der Waals surface area contributed by atoms with Crippen LogP contribution in [0.5, 0.6) is 0 Å². The molecule has 3 heterocycles. The van der Waals surface area contributed by atoms with E-state index in [1.807, 2.05) is 24.3 Å². The third-order valence-electron chi connectivity index (χ3n) is 4.90. The number of halogens is 1. The number of nitrogens with one attached hydrogen (secondary N) is 1. The van der Waals surface area contributed by atoms with Gasteiger partial charge in [0.2, 0.25) is 5.91 Å². The van der Waals surface area contributed by atoms with E-state index in [0.29, 0.717) is 16.9 Å². The monoisotopic (exact) mass is 428 g/mol. The number of ether oxygens (including phenoxy) is 1. The first-order chi connectivity index (χ1) is 13.0. The number of esters is 1. The molecule has 6 nitrogen and oxygen atoms in total. The summed E-state index contributed by atoms with van der Waals surface area (Å²) in [6.45, 7) is 3.59. The van der Waals surface area contributed by atoms with E-state index in [-0.39, 0.29) is 5.91 Å². The summed E-state index contributed by atoms with van der Waals surface area (Å²) in [6.07, 6.45) is 1.55. The van der Waals surface area contributed by atoms with Gasteiger partial charge in [-0.2, -0.15) is 0 Å². The van der Waals surface area contributed by atoms with Crippen LogP contribution in [-0.4, -0.2) is 34.9 Å². The SMILES string of the molecule is C=CC(=O)N1[C@@H](c2ccc(Br)o2)c2[nH]c3ccccc3c2C[C@H]1C(=O)OC. The fraction of sp³-hybridized carbons (Fsp3) is 0.200. The molecular weight excluding hydrogens is 412 g/mol. The number of methoxy groups -OCH3 is 1. The molecule has 1 amide bonds. The standard InChI is InChI=1S/C20H17BrN2O4/c1-3-17(24)23-14(20(25)26-2)10-12-11-6-4-5-7-13(11)22-18(12)19(23)15-8-9-16(21)27-15/h3-9,14,19,22H,1,10H2,2H3/t14-,19-/m0/s1. The zero-order valence-electron chi connectivity index (χ0n) is 14.6. The first-order valence-electron chi connectivity index (χ1n) is 8.42. The summed E-state index contributed by atoms with van der Waals surface area (Å²) in [6, 6.07) is 10.0. The second-order valence-corrected chi connectivity index (χ2v) is 7.08. The number of carbonyl (C=O) groups is 2. The van der Waals surface area contributed by atoms with Crippen molar-refractivity contribution in [2.75, 3.05) is 7.11 Å². The molecular formula is C20H17BrN2O4. The first-order valence-corrected chi connectivity index (χ1v) is 9.21. The Labute approximate surface area is 163 Å². The van der Waals surface area contributed by atoms with Gasteiger partial charge in [-0.1, -0.05) is 24.8 Å². The lowest BCUT2D eigenvalue weighted by molar-refractivity contribution is -0.153. The van der Waals surface area contributed by atoms with Crippen LogP contribution in [0.15, 0.2) is 58.1 Å². The van der Waals surface area contributed by atoms with Crippen LogP contribution >= 0.6 is 15.9 Å². The number of nitrogens with zero attached hydrogens (tertiary/aromatic N) is 1. The number of hydrogen-bond acceptors (Lipinski definition) is 4. The molecule has 1 aliphatic rings. The van der Waals surface area contributed by atoms with Gasteiger partial charge in [0, 0.05) is 17.3 Å². The van der Waals surface area contributed by atoms with Crippen LogP contribution < -0.4 is 0 Å². The van der Waals surface area contributed by atoms with E-state index in [1.165, 1.54) is 18.1 Å². The number of para-hydroxylation sites is 1. The van der Waals surface area contributed by atoms with Crippen LogP contribution in [0.25, 0.3) is 10.9 Å². The Morgan fingerprint density at radius 1 is 1.33 bits per heavy atom. The van der Waals surface area contributed by atoms with E-state index in [1.54, 1.807) is 12.1 Å². The van der Waals surface area contributed by atoms with Crippen molar-refractivity contribution in [3.05, 3.63) is 70.7 Å². The molecule has 2 atom stereocenters. The minimum atomic E-state index is -0.777. The molecule has 3 aromatic rings. The highest BCUT2D eigenvalue weighted by Crippen LogP contribution is 2.42. The summed E-state index contributed by atoms with van der Waals surface area (Å²) in [5.41, 5.74) is 2.75. The van der Waals surface area contributed by atoms with Crippen molar-refractivity contribution in [1.29, 1.82) is 0 Å². The Morgan fingerprint density at radius 3 is 2.78 bits per heavy atom. The van der Waals surface area contributed by atoms with Crippen molar-refractivity contribution in [3.63, 3.8) is 0 Å². The molecule has 0 unspecified atom stereocenters. The molecule has 2 aromatic heterocycles. The van der Waals surface area contributed by atoms with Gasteiger partial charge in [0.1, 0.15) is 17.8 Å². The van der Waals surface area contributed by atoms with Gasteiger partial charge < -0.3 is 19.0 Å². The average Bonchev–Trinajstić information content (AvgIpc) is 3.28. The predicted molar refractivity (Wildman–Crippen MR) is 103 cm³/mol. The lowest BCUT2D eigenvalue weighted by Gasteiger charge is -2.39. The second kappa shape index (κ2) is 6.74. The van der Waals surface area contributed by atoms with Crippen molar-refractivity contribution in [2.45, 2.75) is 18.5 Å². The van der Waals surface area contributed by atoms with Crippen LogP contribution in [0.4, 0.5) is 0 Å². The van der Waals surface area contributed by atoms with Crippen LogP contribution in [0.2, 0.25) is 0 Å².